The predicted octanol–water partition coefficient (Wildman–Crippen LogP) is 4.84. The summed E-state index contributed by atoms with van der Waals surface area (Å²) in [4.78, 5) is 0. The largest absolute Gasteiger partial charge is 0.484 e. The Kier molecular flexibility index (Phi) is 6.49. The monoisotopic (exact) mass is 252 g/mol. The molecule has 0 bridgehead atoms. The highest BCUT2D eigenvalue weighted by atomic mass is 31.0. The zero-order valence-electron chi connectivity index (χ0n) is 11.5. The number of rotatable bonds is 7. The van der Waals surface area contributed by atoms with Crippen LogP contribution in [0.3, 0.4) is 0 Å². The first kappa shape index (κ1) is 16.2. The van der Waals surface area contributed by atoms with Gasteiger partial charge >= 0.3 is 0 Å². The average Bonchev–Trinajstić information content (AvgIpc) is 2.25. The van der Waals surface area contributed by atoms with Gasteiger partial charge in [0, 0.05) is 5.41 Å². The Labute approximate surface area is 109 Å². The molecule has 0 radical (unpaired) electrons. The Hall–Kier alpha value is -0.810. The van der Waals surface area contributed by atoms with Gasteiger partial charge in [-0.1, -0.05) is 47.9 Å². The molecule has 0 saturated heterocycles. The molecule has 0 aliphatic rings. The van der Waals surface area contributed by atoms with E-state index in [-0.39, 0.29) is 10.8 Å². The van der Waals surface area contributed by atoms with Gasteiger partial charge in [0.05, 0.1) is 0 Å². The van der Waals surface area contributed by atoms with Gasteiger partial charge in [-0.2, -0.15) is 0 Å². The van der Waals surface area contributed by atoms with E-state index in [1.807, 2.05) is 32.1 Å². The van der Waals surface area contributed by atoms with Crippen LogP contribution in [0.1, 0.15) is 34.1 Å². The number of hydrogen-bond acceptors (Lipinski definition) is 1. The summed E-state index contributed by atoms with van der Waals surface area (Å²) in [6.07, 6.45) is 10.8. The fraction of sp³-hybridized carbons (Fsp3) is 0.467. The van der Waals surface area contributed by atoms with Crippen molar-refractivity contribution in [3.05, 3.63) is 49.3 Å². The van der Waals surface area contributed by atoms with E-state index in [9.17, 15) is 0 Å². The molecule has 0 N–H and O–H groups in total. The van der Waals surface area contributed by atoms with Crippen molar-refractivity contribution in [2.24, 2.45) is 5.41 Å². The fourth-order valence-corrected chi connectivity index (χ4v) is 1.28. The molecule has 2 atom stereocenters. The molecule has 0 amide bonds. The molecule has 0 aromatic carbocycles. The molecule has 0 aromatic heterocycles. The van der Waals surface area contributed by atoms with Crippen molar-refractivity contribution in [2.75, 3.05) is 0 Å². The van der Waals surface area contributed by atoms with Crippen molar-refractivity contribution in [3.8, 4) is 0 Å². The van der Waals surface area contributed by atoms with Crippen LogP contribution in [0, 0.1) is 5.41 Å². The standard InChI is InChI=1S/C15H25OP/c1-7-13(16-14(4,5)17)11-10-12-15(6,8-2)9-3/h7-8,10-12H,1-2,9,17H2,3-6H3/b12-10-,13-11+. The Morgan fingerprint density at radius 2 is 1.88 bits per heavy atom. The lowest BCUT2D eigenvalue weighted by atomic mass is 9.87. The summed E-state index contributed by atoms with van der Waals surface area (Å²) in [7, 11) is 2.65. The number of ether oxygens (including phenoxy) is 1. The van der Waals surface area contributed by atoms with Crippen molar-refractivity contribution >= 4 is 9.24 Å². The Balaban J connectivity index is 4.72. The minimum Gasteiger partial charge on any atom is -0.484 e. The van der Waals surface area contributed by atoms with Crippen LogP contribution < -0.4 is 0 Å². The third-order valence-corrected chi connectivity index (χ3v) is 2.67. The summed E-state index contributed by atoms with van der Waals surface area (Å²) in [5, 5.41) is -0.277. The highest BCUT2D eigenvalue weighted by Gasteiger charge is 2.13. The third-order valence-electron chi connectivity index (χ3n) is 2.55. The molecule has 17 heavy (non-hydrogen) atoms. The molecule has 0 heterocycles. The Morgan fingerprint density at radius 3 is 2.24 bits per heavy atom. The lowest BCUT2D eigenvalue weighted by Gasteiger charge is -2.21. The predicted molar refractivity (Wildman–Crippen MR) is 80.9 cm³/mol. The van der Waals surface area contributed by atoms with Gasteiger partial charge in [-0.05, 0) is 32.4 Å². The zero-order chi connectivity index (χ0) is 13.5. The highest BCUT2D eigenvalue weighted by molar-refractivity contribution is 7.18. The van der Waals surface area contributed by atoms with Crippen LogP contribution in [0.15, 0.2) is 49.3 Å². The lowest BCUT2D eigenvalue weighted by Crippen LogP contribution is -2.13. The first-order valence-corrected chi connectivity index (χ1v) is 6.47. The summed E-state index contributed by atoms with van der Waals surface area (Å²) in [5.74, 6) is 0.767. The average molecular weight is 252 g/mol. The van der Waals surface area contributed by atoms with Gasteiger partial charge < -0.3 is 4.74 Å². The van der Waals surface area contributed by atoms with E-state index in [0.717, 1.165) is 12.2 Å². The van der Waals surface area contributed by atoms with Crippen LogP contribution >= 0.6 is 9.24 Å². The Morgan fingerprint density at radius 1 is 1.29 bits per heavy atom. The fourth-order valence-electron chi connectivity index (χ4n) is 1.14. The second-order valence-electron chi connectivity index (χ2n) is 4.90. The summed E-state index contributed by atoms with van der Waals surface area (Å²) in [6.45, 7) is 15.9. The van der Waals surface area contributed by atoms with Crippen LogP contribution in [0.2, 0.25) is 0 Å². The smallest absolute Gasteiger partial charge is 0.120 e. The molecule has 0 spiro atoms. The van der Waals surface area contributed by atoms with Gasteiger partial charge in [-0.15, -0.1) is 6.58 Å². The van der Waals surface area contributed by atoms with E-state index in [1.54, 1.807) is 6.08 Å². The summed E-state index contributed by atoms with van der Waals surface area (Å²) in [5.41, 5.74) is 0.0409. The van der Waals surface area contributed by atoms with Crippen LogP contribution in [-0.2, 0) is 4.74 Å². The lowest BCUT2D eigenvalue weighted by molar-refractivity contribution is 0.125. The first-order valence-electron chi connectivity index (χ1n) is 5.90. The van der Waals surface area contributed by atoms with Gasteiger partial charge in [0.2, 0.25) is 0 Å². The minimum absolute atomic E-state index is 0.0409. The van der Waals surface area contributed by atoms with Crippen LogP contribution in [0.4, 0.5) is 0 Å². The van der Waals surface area contributed by atoms with E-state index < -0.39 is 0 Å². The van der Waals surface area contributed by atoms with Crippen LogP contribution in [0.5, 0.6) is 0 Å². The second kappa shape index (κ2) is 6.81. The molecule has 0 aliphatic heterocycles. The van der Waals surface area contributed by atoms with E-state index >= 15 is 0 Å². The summed E-state index contributed by atoms with van der Waals surface area (Å²) in [6, 6.07) is 0. The van der Waals surface area contributed by atoms with Crippen molar-refractivity contribution < 1.29 is 4.74 Å². The molecule has 0 fully saturated rings. The summed E-state index contributed by atoms with van der Waals surface area (Å²) >= 11 is 0. The van der Waals surface area contributed by atoms with Gasteiger partial charge in [0.1, 0.15) is 11.1 Å². The molecule has 0 rings (SSSR count). The second-order valence-corrected chi connectivity index (χ2v) is 6.29. The minimum atomic E-state index is -0.277. The first-order chi connectivity index (χ1) is 7.76. The van der Waals surface area contributed by atoms with E-state index in [2.05, 4.69) is 42.3 Å². The molecule has 2 unspecified atom stereocenters. The third kappa shape index (κ3) is 7.18. The van der Waals surface area contributed by atoms with Crippen molar-refractivity contribution in [1.82, 2.24) is 0 Å². The maximum Gasteiger partial charge on any atom is 0.120 e. The van der Waals surface area contributed by atoms with E-state index in [1.165, 1.54) is 0 Å². The van der Waals surface area contributed by atoms with Crippen LogP contribution in [0.25, 0.3) is 0 Å². The molecular weight excluding hydrogens is 227 g/mol. The molecule has 1 nitrogen and oxygen atoms in total. The maximum atomic E-state index is 5.70. The number of hydrogen-bond donors (Lipinski definition) is 0. The van der Waals surface area contributed by atoms with Gasteiger partial charge in [-0.25, -0.2) is 0 Å². The van der Waals surface area contributed by atoms with Gasteiger partial charge in [0.15, 0.2) is 0 Å². The topological polar surface area (TPSA) is 9.23 Å². The Bertz CT molecular complexity index is 320. The van der Waals surface area contributed by atoms with E-state index in [4.69, 9.17) is 4.74 Å². The highest BCUT2D eigenvalue weighted by Crippen LogP contribution is 2.25. The zero-order valence-corrected chi connectivity index (χ0v) is 12.6. The van der Waals surface area contributed by atoms with Crippen LogP contribution in [-0.4, -0.2) is 5.34 Å². The van der Waals surface area contributed by atoms with E-state index in [0.29, 0.717) is 0 Å². The molecule has 2 heteroatoms. The molecule has 0 aromatic rings. The quantitative estimate of drug-likeness (QED) is 0.272. The maximum absolute atomic E-state index is 5.70. The molecule has 96 valence electrons. The SMILES string of the molecule is C=C/C(=C\C=C/C(C)(C=C)CC)OC(C)(C)P. The van der Waals surface area contributed by atoms with Gasteiger partial charge in [0.25, 0.3) is 0 Å². The molecular formula is C15H25OP. The normalized spacial score (nSPS) is 16.6. The molecule has 0 saturated carbocycles. The van der Waals surface area contributed by atoms with Crippen molar-refractivity contribution in [1.29, 1.82) is 0 Å². The van der Waals surface area contributed by atoms with Crippen molar-refractivity contribution in [3.63, 3.8) is 0 Å². The summed E-state index contributed by atoms with van der Waals surface area (Å²) < 4.78 is 5.70. The molecule has 0 aliphatic carbocycles. The number of allylic oxidation sites excluding steroid dienone is 5. The van der Waals surface area contributed by atoms with Crippen molar-refractivity contribution in [2.45, 2.75) is 39.5 Å². The van der Waals surface area contributed by atoms with Gasteiger partial charge in [-0.3, -0.25) is 0 Å².